The van der Waals surface area contributed by atoms with Gasteiger partial charge in [-0.1, -0.05) is 15.9 Å². The van der Waals surface area contributed by atoms with Crippen LogP contribution in [0.15, 0.2) is 22.7 Å². The van der Waals surface area contributed by atoms with Gasteiger partial charge in [-0.3, -0.25) is 0 Å². The Bertz CT molecular complexity index is 462. The van der Waals surface area contributed by atoms with Crippen molar-refractivity contribution in [1.29, 1.82) is 0 Å². The van der Waals surface area contributed by atoms with E-state index in [1.165, 1.54) is 6.07 Å². The minimum Gasteiger partial charge on any atom is -0.382 e. The van der Waals surface area contributed by atoms with Crippen LogP contribution in [0.3, 0.4) is 0 Å². The molecule has 1 N–H and O–H groups in total. The zero-order valence-electron chi connectivity index (χ0n) is 11.3. The Morgan fingerprint density at radius 1 is 1.20 bits per heavy atom. The Labute approximate surface area is 125 Å². The summed E-state index contributed by atoms with van der Waals surface area (Å²) < 4.78 is 38.8. The van der Waals surface area contributed by atoms with Gasteiger partial charge in [0.05, 0.1) is 5.56 Å². The SMILES string of the molecule is CN1CCCC(Nc2cc(Br)cc(C(F)(F)F)c2)CC1. The topological polar surface area (TPSA) is 15.3 Å². The molecule has 0 aromatic heterocycles. The van der Waals surface area contributed by atoms with Crippen LogP contribution in [0.2, 0.25) is 0 Å². The standard InChI is InChI=1S/C14H18BrF3N2/c1-20-5-2-3-12(4-6-20)19-13-8-10(14(16,17)18)7-11(15)9-13/h7-9,12,19H,2-6H2,1H3. The summed E-state index contributed by atoms with van der Waals surface area (Å²) >= 11 is 3.15. The Balaban J connectivity index is 2.11. The fraction of sp³-hybridized carbons (Fsp3) is 0.571. The smallest absolute Gasteiger partial charge is 0.382 e. The van der Waals surface area contributed by atoms with E-state index in [9.17, 15) is 13.2 Å². The molecule has 0 saturated carbocycles. The van der Waals surface area contributed by atoms with Crippen LogP contribution in [0.1, 0.15) is 24.8 Å². The number of benzene rings is 1. The zero-order valence-corrected chi connectivity index (χ0v) is 12.9. The number of anilines is 1. The van der Waals surface area contributed by atoms with E-state index in [1.807, 2.05) is 0 Å². The van der Waals surface area contributed by atoms with Crippen LogP contribution in [0.4, 0.5) is 18.9 Å². The molecule has 1 aromatic rings. The number of nitrogens with one attached hydrogen (secondary N) is 1. The average Bonchev–Trinajstić information content (AvgIpc) is 2.53. The average molecular weight is 351 g/mol. The molecule has 1 aromatic carbocycles. The number of likely N-dealkylation sites (tertiary alicyclic amines) is 1. The van der Waals surface area contributed by atoms with Crippen LogP contribution >= 0.6 is 15.9 Å². The number of hydrogen-bond acceptors (Lipinski definition) is 2. The molecule has 0 spiro atoms. The lowest BCUT2D eigenvalue weighted by atomic mass is 10.1. The minimum absolute atomic E-state index is 0.232. The van der Waals surface area contributed by atoms with Crippen molar-refractivity contribution in [2.75, 3.05) is 25.5 Å². The van der Waals surface area contributed by atoms with Crippen LogP contribution < -0.4 is 5.32 Å². The molecule has 0 bridgehead atoms. The second-order valence-electron chi connectivity index (χ2n) is 5.30. The molecule has 112 valence electrons. The Kier molecular flexibility index (Phi) is 4.96. The summed E-state index contributed by atoms with van der Waals surface area (Å²) in [5.74, 6) is 0. The number of hydrogen-bond donors (Lipinski definition) is 1. The van der Waals surface area contributed by atoms with Gasteiger partial charge in [0.15, 0.2) is 0 Å². The van der Waals surface area contributed by atoms with E-state index in [0.29, 0.717) is 10.2 Å². The normalized spacial score (nSPS) is 21.6. The highest BCUT2D eigenvalue weighted by atomic mass is 79.9. The molecular formula is C14H18BrF3N2. The van der Waals surface area contributed by atoms with Crippen molar-refractivity contribution in [3.8, 4) is 0 Å². The van der Waals surface area contributed by atoms with E-state index in [4.69, 9.17) is 0 Å². The quantitative estimate of drug-likeness (QED) is 0.852. The number of rotatable bonds is 2. The van der Waals surface area contributed by atoms with Gasteiger partial charge >= 0.3 is 6.18 Å². The van der Waals surface area contributed by atoms with Gasteiger partial charge in [-0.25, -0.2) is 0 Å². The van der Waals surface area contributed by atoms with Gasteiger partial charge in [-0.2, -0.15) is 13.2 Å². The van der Waals surface area contributed by atoms with Gasteiger partial charge in [-0.15, -0.1) is 0 Å². The summed E-state index contributed by atoms with van der Waals surface area (Å²) in [6, 6.07) is 4.21. The van der Waals surface area contributed by atoms with Crippen LogP contribution in [-0.4, -0.2) is 31.1 Å². The van der Waals surface area contributed by atoms with Crippen LogP contribution in [0.25, 0.3) is 0 Å². The molecule has 2 nitrogen and oxygen atoms in total. The summed E-state index contributed by atoms with van der Waals surface area (Å²) in [4.78, 5) is 2.25. The van der Waals surface area contributed by atoms with Gasteiger partial charge in [0.1, 0.15) is 0 Å². The summed E-state index contributed by atoms with van der Waals surface area (Å²) in [7, 11) is 2.07. The first-order valence-corrected chi connectivity index (χ1v) is 7.47. The molecule has 2 rings (SSSR count). The molecule has 1 heterocycles. The van der Waals surface area contributed by atoms with E-state index in [0.717, 1.165) is 38.4 Å². The fourth-order valence-corrected chi connectivity index (χ4v) is 2.95. The molecule has 1 atom stereocenters. The van der Waals surface area contributed by atoms with Gasteiger partial charge in [-0.05, 0) is 57.6 Å². The fourth-order valence-electron chi connectivity index (χ4n) is 2.46. The third-order valence-electron chi connectivity index (χ3n) is 3.55. The largest absolute Gasteiger partial charge is 0.416 e. The van der Waals surface area contributed by atoms with Crippen LogP contribution in [0, 0.1) is 0 Å². The van der Waals surface area contributed by atoms with E-state index in [1.54, 1.807) is 6.07 Å². The first kappa shape index (κ1) is 15.6. The summed E-state index contributed by atoms with van der Waals surface area (Å²) in [5.41, 5.74) is -0.0960. The lowest BCUT2D eigenvalue weighted by Crippen LogP contribution is -2.23. The molecule has 1 saturated heterocycles. The number of nitrogens with zero attached hydrogens (tertiary/aromatic N) is 1. The van der Waals surface area contributed by atoms with Crippen LogP contribution in [0.5, 0.6) is 0 Å². The van der Waals surface area contributed by atoms with Gasteiger partial charge in [0, 0.05) is 16.2 Å². The minimum atomic E-state index is -4.32. The van der Waals surface area contributed by atoms with E-state index in [2.05, 4.69) is 33.2 Å². The van der Waals surface area contributed by atoms with E-state index < -0.39 is 11.7 Å². The molecular weight excluding hydrogens is 333 g/mol. The summed E-state index contributed by atoms with van der Waals surface area (Å²) in [6.45, 7) is 2.02. The van der Waals surface area contributed by atoms with Crippen molar-refractivity contribution in [3.63, 3.8) is 0 Å². The molecule has 1 unspecified atom stereocenters. The van der Waals surface area contributed by atoms with E-state index >= 15 is 0 Å². The first-order valence-electron chi connectivity index (χ1n) is 6.67. The maximum atomic E-state index is 12.8. The zero-order chi connectivity index (χ0) is 14.8. The molecule has 0 amide bonds. The highest BCUT2D eigenvalue weighted by molar-refractivity contribution is 9.10. The lowest BCUT2D eigenvalue weighted by Gasteiger charge is -2.19. The molecule has 1 aliphatic heterocycles. The van der Waals surface area contributed by atoms with Crippen molar-refractivity contribution >= 4 is 21.6 Å². The maximum absolute atomic E-state index is 12.8. The van der Waals surface area contributed by atoms with Gasteiger partial charge < -0.3 is 10.2 Å². The first-order chi connectivity index (χ1) is 9.34. The molecule has 1 aliphatic rings. The summed E-state index contributed by atoms with van der Waals surface area (Å²) in [6.07, 6.45) is -1.32. The van der Waals surface area contributed by atoms with E-state index in [-0.39, 0.29) is 6.04 Å². The molecule has 0 radical (unpaired) electrons. The molecule has 20 heavy (non-hydrogen) atoms. The third kappa shape index (κ3) is 4.38. The third-order valence-corrected chi connectivity index (χ3v) is 4.01. The predicted molar refractivity (Wildman–Crippen MR) is 77.9 cm³/mol. The van der Waals surface area contributed by atoms with Crippen LogP contribution in [-0.2, 0) is 6.18 Å². The highest BCUT2D eigenvalue weighted by Gasteiger charge is 2.31. The number of alkyl halides is 3. The summed E-state index contributed by atoms with van der Waals surface area (Å²) in [5, 5.41) is 3.24. The number of halogens is 4. The van der Waals surface area contributed by atoms with Crippen molar-refractivity contribution in [1.82, 2.24) is 4.90 Å². The monoisotopic (exact) mass is 350 g/mol. The molecule has 0 aliphatic carbocycles. The van der Waals surface area contributed by atoms with Crippen molar-refractivity contribution in [2.24, 2.45) is 0 Å². The maximum Gasteiger partial charge on any atom is 0.416 e. The molecule has 1 fully saturated rings. The Morgan fingerprint density at radius 2 is 1.95 bits per heavy atom. The second kappa shape index (κ2) is 6.35. The van der Waals surface area contributed by atoms with Gasteiger partial charge in [0.2, 0.25) is 0 Å². The van der Waals surface area contributed by atoms with Gasteiger partial charge in [0.25, 0.3) is 0 Å². The lowest BCUT2D eigenvalue weighted by molar-refractivity contribution is -0.137. The highest BCUT2D eigenvalue weighted by Crippen LogP contribution is 2.33. The second-order valence-corrected chi connectivity index (χ2v) is 6.22. The van der Waals surface area contributed by atoms with Crippen molar-refractivity contribution < 1.29 is 13.2 Å². The van der Waals surface area contributed by atoms with Crippen molar-refractivity contribution in [3.05, 3.63) is 28.2 Å². The predicted octanol–water partition coefficient (Wildman–Crippen LogP) is 4.36. The van der Waals surface area contributed by atoms with Crippen molar-refractivity contribution in [2.45, 2.75) is 31.5 Å². The molecule has 6 heteroatoms. The Hall–Kier alpha value is -0.750. The Morgan fingerprint density at radius 3 is 2.65 bits per heavy atom.